The Balaban J connectivity index is 2.01. The smallest absolute Gasteiger partial charge is 0.120 e. The van der Waals surface area contributed by atoms with Crippen molar-refractivity contribution in [3.8, 4) is 5.75 Å². The highest BCUT2D eigenvalue weighted by Gasteiger charge is 2.26. The van der Waals surface area contributed by atoms with Gasteiger partial charge in [0.25, 0.3) is 0 Å². The lowest BCUT2D eigenvalue weighted by Crippen LogP contribution is -2.37. The fourth-order valence-electron chi connectivity index (χ4n) is 3.37. The van der Waals surface area contributed by atoms with Gasteiger partial charge in [-0.3, -0.25) is 4.90 Å². The molecule has 1 aromatic rings. The van der Waals surface area contributed by atoms with E-state index in [1.807, 2.05) is 13.1 Å². The van der Waals surface area contributed by atoms with E-state index in [9.17, 15) is 5.11 Å². The molecule has 21 heavy (non-hydrogen) atoms. The molecule has 1 aliphatic heterocycles. The molecule has 1 aromatic carbocycles. The van der Waals surface area contributed by atoms with Crippen molar-refractivity contribution in [1.82, 2.24) is 10.2 Å². The third kappa shape index (κ3) is 4.44. The summed E-state index contributed by atoms with van der Waals surface area (Å²) in [5.41, 5.74) is 1.06. The van der Waals surface area contributed by atoms with Crippen molar-refractivity contribution in [2.75, 3.05) is 26.7 Å². The number of likely N-dealkylation sites (tertiary alicyclic amines) is 1. The van der Waals surface area contributed by atoms with Crippen LogP contribution < -0.4 is 5.32 Å². The molecule has 1 aliphatic rings. The number of hydrogen-bond acceptors (Lipinski definition) is 3. The summed E-state index contributed by atoms with van der Waals surface area (Å²) in [6.45, 7) is 5.60. The van der Waals surface area contributed by atoms with Crippen LogP contribution in [0.1, 0.15) is 44.2 Å². The van der Waals surface area contributed by atoms with E-state index in [0.717, 1.165) is 42.0 Å². The summed E-state index contributed by atoms with van der Waals surface area (Å²) in [5.74, 6) is 1.27. The first-order chi connectivity index (χ1) is 10.2. The fourth-order valence-corrected chi connectivity index (χ4v) is 3.75. The van der Waals surface area contributed by atoms with E-state index in [2.05, 4.69) is 39.1 Å². The molecule has 0 amide bonds. The van der Waals surface area contributed by atoms with Crippen LogP contribution in [-0.4, -0.2) is 36.7 Å². The van der Waals surface area contributed by atoms with E-state index in [1.54, 1.807) is 6.07 Å². The summed E-state index contributed by atoms with van der Waals surface area (Å²) in [5, 5.41) is 13.4. The molecule has 2 N–H and O–H groups in total. The van der Waals surface area contributed by atoms with E-state index < -0.39 is 0 Å². The van der Waals surface area contributed by atoms with Crippen molar-refractivity contribution >= 4 is 15.9 Å². The third-order valence-corrected chi connectivity index (χ3v) is 5.12. The van der Waals surface area contributed by atoms with Gasteiger partial charge in [0, 0.05) is 16.1 Å². The van der Waals surface area contributed by atoms with Gasteiger partial charge in [0.2, 0.25) is 0 Å². The Morgan fingerprint density at radius 1 is 1.38 bits per heavy atom. The van der Waals surface area contributed by atoms with Gasteiger partial charge in [0.1, 0.15) is 5.75 Å². The minimum absolute atomic E-state index is 0.327. The van der Waals surface area contributed by atoms with Gasteiger partial charge < -0.3 is 10.4 Å². The van der Waals surface area contributed by atoms with Crippen LogP contribution in [0.25, 0.3) is 0 Å². The zero-order valence-electron chi connectivity index (χ0n) is 13.1. The molecule has 3 nitrogen and oxygen atoms in total. The number of halogens is 1. The van der Waals surface area contributed by atoms with Crippen molar-refractivity contribution < 1.29 is 5.11 Å². The standard InChI is InChI=1S/C17H27BrN2O/c1-3-16(15-12-14(18)4-5-17(15)21)20-10-7-13(8-11-20)6-9-19-2/h4-5,12-13,16,19,21H,3,6-11H2,1-2H3. The van der Waals surface area contributed by atoms with E-state index in [4.69, 9.17) is 0 Å². The molecule has 1 unspecified atom stereocenters. The number of piperidine rings is 1. The van der Waals surface area contributed by atoms with Gasteiger partial charge in [-0.25, -0.2) is 0 Å². The zero-order valence-corrected chi connectivity index (χ0v) is 14.7. The van der Waals surface area contributed by atoms with Crippen LogP contribution in [0, 0.1) is 5.92 Å². The first-order valence-electron chi connectivity index (χ1n) is 8.02. The molecule has 2 rings (SSSR count). The van der Waals surface area contributed by atoms with Crippen LogP contribution in [0.5, 0.6) is 5.75 Å². The van der Waals surface area contributed by atoms with Gasteiger partial charge >= 0.3 is 0 Å². The largest absolute Gasteiger partial charge is 0.508 e. The molecule has 0 spiro atoms. The first kappa shape index (κ1) is 16.8. The second-order valence-corrected chi connectivity index (χ2v) is 6.91. The molecule has 0 bridgehead atoms. The van der Waals surface area contributed by atoms with Crippen LogP contribution in [0.15, 0.2) is 22.7 Å². The Kier molecular flexibility index (Phi) is 6.52. The Labute approximate surface area is 136 Å². The van der Waals surface area contributed by atoms with Gasteiger partial charge in [-0.1, -0.05) is 22.9 Å². The maximum Gasteiger partial charge on any atom is 0.120 e. The number of rotatable bonds is 6. The van der Waals surface area contributed by atoms with Crippen molar-refractivity contribution in [3.63, 3.8) is 0 Å². The second-order valence-electron chi connectivity index (χ2n) is 6.00. The number of nitrogens with zero attached hydrogens (tertiary/aromatic N) is 1. The molecule has 0 aliphatic carbocycles. The van der Waals surface area contributed by atoms with Crippen molar-refractivity contribution in [2.24, 2.45) is 5.92 Å². The Morgan fingerprint density at radius 2 is 2.10 bits per heavy atom. The monoisotopic (exact) mass is 354 g/mol. The Hall–Kier alpha value is -0.580. The lowest BCUT2D eigenvalue weighted by molar-refractivity contribution is 0.124. The number of phenols is 1. The highest BCUT2D eigenvalue weighted by Crippen LogP contribution is 2.35. The van der Waals surface area contributed by atoms with Crippen LogP contribution in [0.4, 0.5) is 0 Å². The predicted molar refractivity (Wildman–Crippen MR) is 91.7 cm³/mol. The van der Waals surface area contributed by atoms with Crippen molar-refractivity contribution in [1.29, 1.82) is 0 Å². The summed E-state index contributed by atoms with van der Waals surface area (Å²) in [7, 11) is 2.03. The summed E-state index contributed by atoms with van der Waals surface area (Å²) >= 11 is 3.52. The normalized spacial score (nSPS) is 18.8. The Morgan fingerprint density at radius 3 is 2.71 bits per heavy atom. The van der Waals surface area contributed by atoms with Crippen LogP contribution >= 0.6 is 15.9 Å². The average Bonchev–Trinajstić information content (AvgIpc) is 2.50. The van der Waals surface area contributed by atoms with Crippen molar-refractivity contribution in [3.05, 3.63) is 28.2 Å². The van der Waals surface area contributed by atoms with Crippen molar-refractivity contribution in [2.45, 2.75) is 38.6 Å². The van der Waals surface area contributed by atoms with Crippen LogP contribution in [0.3, 0.4) is 0 Å². The highest BCUT2D eigenvalue weighted by atomic mass is 79.9. The van der Waals surface area contributed by atoms with E-state index in [-0.39, 0.29) is 0 Å². The van der Waals surface area contributed by atoms with Gasteiger partial charge in [0.05, 0.1) is 0 Å². The summed E-state index contributed by atoms with van der Waals surface area (Å²) in [6, 6.07) is 6.08. The molecule has 4 heteroatoms. The molecular weight excluding hydrogens is 328 g/mol. The molecular formula is C17H27BrN2O. The number of benzene rings is 1. The van der Waals surface area contributed by atoms with Crippen LogP contribution in [0.2, 0.25) is 0 Å². The number of nitrogens with one attached hydrogen (secondary N) is 1. The minimum atomic E-state index is 0.327. The predicted octanol–water partition coefficient (Wildman–Crippen LogP) is 3.93. The quantitative estimate of drug-likeness (QED) is 0.812. The maximum atomic E-state index is 10.2. The Bertz CT molecular complexity index is 444. The molecule has 0 saturated carbocycles. The van der Waals surface area contributed by atoms with Gasteiger partial charge in [0.15, 0.2) is 0 Å². The third-order valence-electron chi connectivity index (χ3n) is 4.63. The minimum Gasteiger partial charge on any atom is -0.508 e. The summed E-state index contributed by atoms with van der Waals surface area (Å²) in [4.78, 5) is 2.54. The molecule has 118 valence electrons. The molecule has 1 atom stereocenters. The highest BCUT2D eigenvalue weighted by molar-refractivity contribution is 9.10. The molecule has 0 aromatic heterocycles. The van der Waals surface area contributed by atoms with E-state index in [1.165, 1.54) is 19.3 Å². The van der Waals surface area contributed by atoms with Crippen LogP contribution in [-0.2, 0) is 0 Å². The molecule has 1 fully saturated rings. The zero-order chi connectivity index (χ0) is 15.2. The summed E-state index contributed by atoms with van der Waals surface area (Å²) in [6.07, 6.45) is 4.86. The number of hydrogen-bond donors (Lipinski definition) is 2. The lowest BCUT2D eigenvalue weighted by Gasteiger charge is -2.37. The van der Waals surface area contributed by atoms with E-state index >= 15 is 0 Å². The summed E-state index contributed by atoms with van der Waals surface area (Å²) < 4.78 is 1.04. The molecule has 0 radical (unpaired) electrons. The van der Waals surface area contributed by atoms with Gasteiger partial charge in [-0.15, -0.1) is 0 Å². The number of aromatic hydroxyl groups is 1. The average molecular weight is 355 g/mol. The second kappa shape index (κ2) is 8.16. The SMILES string of the molecule is CCC(c1cc(Br)ccc1O)N1CCC(CCNC)CC1. The van der Waals surface area contributed by atoms with Gasteiger partial charge in [-0.2, -0.15) is 0 Å². The molecule has 1 saturated heterocycles. The fraction of sp³-hybridized carbons (Fsp3) is 0.647. The number of phenolic OH excluding ortho intramolecular Hbond substituents is 1. The van der Waals surface area contributed by atoms with Gasteiger partial charge in [-0.05, 0) is 76.5 Å². The molecule has 1 heterocycles. The maximum absolute atomic E-state index is 10.2. The van der Waals surface area contributed by atoms with E-state index in [0.29, 0.717) is 11.8 Å². The first-order valence-corrected chi connectivity index (χ1v) is 8.82. The topological polar surface area (TPSA) is 35.5 Å². The lowest BCUT2D eigenvalue weighted by atomic mass is 9.91.